The molecule has 0 amide bonds. The van der Waals surface area contributed by atoms with Gasteiger partial charge < -0.3 is 4.74 Å². The zero-order valence-corrected chi connectivity index (χ0v) is 18.9. The maximum Gasteiger partial charge on any atom is 0.142 e. The molecule has 2 atom stereocenters. The molecule has 2 aliphatic rings. The van der Waals surface area contributed by atoms with E-state index in [1.54, 1.807) is 6.08 Å². The smallest absolute Gasteiger partial charge is 0.142 e. The van der Waals surface area contributed by atoms with Crippen molar-refractivity contribution in [2.45, 2.75) is 72.5 Å². The van der Waals surface area contributed by atoms with E-state index in [1.165, 1.54) is 35.6 Å². The van der Waals surface area contributed by atoms with Gasteiger partial charge in [0.1, 0.15) is 6.29 Å². The van der Waals surface area contributed by atoms with E-state index in [1.807, 2.05) is 25.2 Å². The summed E-state index contributed by atoms with van der Waals surface area (Å²) in [5.41, 5.74) is 5.07. The van der Waals surface area contributed by atoms with Crippen molar-refractivity contribution < 1.29 is 9.53 Å². The Balaban J connectivity index is 1.99. The minimum Gasteiger partial charge on any atom is -0.359 e. The number of carbonyl (C=O) groups excluding carboxylic acids is 1. The highest BCUT2D eigenvalue weighted by molar-refractivity contribution is 5.65. The van der Waals surface area contributed by atoms with Crippen molar-refractivity contribution in [2.24, 2.45) is 5.41 Å². The molecule has 0 radical (unpaired) electrons. The van der Waals surface area contributed by atoms with E-state index in [9.17, 15) is 4.79 Å². The molecule has 0 aromatic rings. The lowest BCUT2D eigenvalue weighted by Gasteiger charge is -2.42. The van der Waals surface area contributed by atoms with E-state index in [0.717, 1.165) is 18.3 Å². The summed E-state index contributed by atoms with van der Waals surface area (Å²) in [6.07, 6.45) is 24.5. The van der Waals surface area contributed by atoms with E-state index in [4.69, 9.17) is 4.74 Å². The molecular weight excluding hydrogens is 356 g/mol. The van der Waals surface area contributed by atoms with Crippen LogP contribution in [-0.2, 0) is 9.53 Å². The van der Waals surface area contributed by atoms with Crippen LogP contribution >= 0.6 is 0 Å². The molecule has 2 unspecified atom stereocenters. The fourth-order valence-corrected chi connectivity index (χ4v) is 4.23. The first-order chi connectivity index (χ1) is 13.7. The summed E-state index contributed by atoms with van der Waals surface area (Å²) in [7, 11) is 0. The number of rotatable bonds is 7. The lowest BCUT2D eigenvalue weighted by atomic mass is 9.67. The van der Waals surface area contributed by atoms with Gasteiger partial charge in [-0.05, 0) is 75.7 Å². The molecule has 2 heteroatoms. The summed E-state index contributed by atoms with van der Waals surface area (Å²) in [5, 5.41) is 0. The predicted molar refractivity (Wildman–Crippen MR) is 124 cm³/mol. The van der Waals surface area contributed by atoms with Crippen molar-refractivity contribution in [1.82, 2.24) is 0 Å². The Bertz CT molecular complexity index is 811. The van der Waals surface area contributed by atoms with Crippen LogP contribution in [-0.4, -0.2) is 18.0 Å². The summed E-state index contributed by atoms with van der Waals surface area (Å²) in [4.78, 5) is 10.3. The Morgan fingerprint density at radius 2 is 1.55 bits per heavy atom. The number of carbonyl (C=O) groups is 1. The average Bonchev–Trinajstić information content (AvgIpc) is 3.02. The number of allylic oxidation sites excluding steroid dienone is 11. The van der Waals surface area contributed by atoms with Gasteiger partial charge in [0.2, 0.25) is 0 Å². The van der Waals surface area contributed by atoms with Crippen molar-refractivity contribution >= 4 is 6.29 Å². The van der Waals surface area contributed by atoms with Crippen LogP contribution in [0.1, 0.15) is 60.8 Å². The lowest BCUT2D eigenvalue weighted by molar-refractivity contribution is -0.104. The molecule has 1 saturated carbocycles. The minimum atomic E-state index is -0.0988. The highest BCUT2D eigenvalue weighted by Gasteiger charge is 2.47. The fourth-order valence-electron chi connectivity index (χ4n) is 4.23. The quantitative estimate of drug-likeness (QED) is 0.202. The molecule has 2 rings (SSSR count). The van der Waals surface area contributed by atoms with Crippen LogP contribution in [0.25, 0.3) is 0 Å². The topological polar surface area (TPSA) is 26.3 Å². The molecule has 0 saturated heterocycles. The molecule has 1 aliphatic carbocycles. The Hall–Kier alpha value is -2.19. The molecule has 0 aromatic heterocycles. The second-order valence-electron chi connectivity index (χ2n) is 9.06. The van der Waals surface area contributed by atoms with Crippen LogP contribution < -0.4 is 0 Å². The van der Waals surface area contributed by atoms with Gasteiger partial charge in [-0.1, -0.05) is 73.6 Å². The number of fused-ring (bicyclic) bond motifs is 1. The standard InChI is InChI=1S/C27H36O2/c1-21(12-7-8-13-22(2)15-10-19-28)14-9-16-23(3)24-20-25-26(4,5)17-11-18-27(25,6)29-24/h7-10,12-16,19-20,24H,11,17-18H2,1-6H3/b8-7+,14-9+,15-10+,21-12+,22-13+,23-16+. The van der Waals surface area contributed by atoms with Crippen LogP contribution in [0.2, 0.25) is 0 Å². The highest BCUT2D eigenvalue weighted by atomic mass is 16.5. The first-order valence-corrected chi connectivity index (χ1v) is 10.6. The Morgan fingerprint density at radius 1 is 0.931 bits per heavy atom. The summed E-state index contributed by atoms with van der Waals surface area (Å²) in [5.74, 6) is 0. The third-order valence-corrected chi connectivity index (χ3v) is 5.89. The van der Waals surface area contributed by atoms with Gasteiger partial charge >= 0.3 is 0 Å². The predicted octanol–water partition coefficient (Wildman–Crippen LogP) is 6.99. The zero-order valence-electron chi connectivity index (χ0n) is 18.9. The Labute approximate surface area is 177 Å². The lowest BCUT2D eigenvalue weighted by Crippen LogP contribution is -2.39. The van der Waals surface area contributed by atoms with E-state index in [2.05, 4.69) is 65.0 Å². The fraction of sp³-hybridized carbons (Fsp3) is 0.444. The summed E-state index contributed by atoms with van der Waals surface area (Å²) >= 11 is 0. The molecule has 0 spiro atoms. The van der Waals surface area contributed by atoms with E-state index < -0.39 is 0 Å². The molecule has 0 bridgehead atoms. The number of aldehydes is 1. The molecule has 1 aliphatic heterocycles. The first kappa shape index (κ1) is 23.1. The largest absolute Gasteiger partial charge is 0.359 e. The van der Waals surface area contributed by atoms with Crippen LogP contribution in [0, 0.1) is 5.41 Å². The maximum atomic E-state index is 10.3. The van der Waals surface area contributed by atoms with Gasteiger partial charge in [-0.25, -0.2) is 0 Å². The van der Waals surface area contributed by atoms with Gasteiger partial charge in [0.15, 0.2) is 0 Å². The van der Waals surface area contributed by atoms with E-state index in [0.29, 0.717) is 0 Å². The van der Waals surface area contributed by atoms with Crippen molar-refractivity contribution in [1.29, 1.82) is 0 Å². The highest BCUT2D eigenvalue weighted by Crippen LogP contribution is 2.51. The molecule has 1 heterocycles. The van der Waals surface area contributed by atoms with Crippen molar-refractivity contribution in [3.63, 3.8) is 0 Å². The maximum absolute atomic E-state index is 10.3. The van der Waals surface area contributed by atoms with Gasteiger partial charge in [0, 0.05) is 0 Å². The second-order valence-corrected chi connectivity index (χ2v) is 9.06. The van der Waals surface area contributed by atoms with Crippen molar-refractivity contribution in [3.05, 3.63) is 83.1 Å². The van der Waals surface area contributed by atoms with Gasteiger partial charge in [-0.15, -0.1) is 0 Å². The van der Waals surface area contributed by atoms with Crippen LogP contribution in [0.5, 0.6) is 0 Å². The van der Waals surface area contributed by atoms with Gasteiger partial charge in [-0.3, -0.25) is 4.79 Å². The number of hydrogen-bond donors (Lipinski definition) is 0. The Morgan fingerprint density at radius 3 is 2.14 bits per heavy atom. The third kappa shape index (κ3) is 6.40. The van der Waals surface area contributed by atoms with E-state index >= 15 is 0 Å². The summed E-state index contributed by atoms with van der Waals surface area (Å²) in [6, 6.07) is 0. The Kier molecular flexibility index (Phi) is 7.98. The first-order valence-electron chi connectivity index (χ1n) is 10.6. The van der Waals surface area contributed by atoms with Crippen molar-refractivity contribution in [3.8, 4) is 0 Å². The summed E-state index contributed by atoms with van der Waals surface area (Å²) in [6.45, 7) is 13.1. The van der Waals surface area contributed by atoms with Gasteiger partial charge in [0.05, 0.1) is 11.7 Å². The second kappa shape index (κ2) is 10.0. The summed E-state index contributed by atoms with van der Waals surface area (Å²) < 4.78 is 6.48. The normalized spacial score (nSPS) is 28.4. The number of ether oxygens (including phenoxy) is 1. The molecular formula is C27H36O2. The van der Waals surface area contributed by atoms with Crippen LogP contribution in [0.4, 0.5) is 0 Å². The number of hydrogen-bond acceptors (Lipinski definition) is 2. The minimum absolute atomic E-state index is 0.0775. The molecule has 156 valence electrons. The van der Waals surface area contributed by atoms with E-state index in [-0.39, 0.29) is 17.1 Å². The third-order valence-electron chi connectivity index (χ3n) is 5.89. The average molecular weight is 393 g/mol. The molecule has 0 aromatic carbocycles. The van der Waals surface area contributed by atoms with Crippen LogP contribution in [0.15, 0.2) is 83.1 Å². The molecule has 2 nitrogen and oxygen atoms in total. The molecule has 1 fully saturated rings. The SMILES string of the molecule is CC(/C=C/C=O)=C\C=C\C=C(C)\C=C\C=C(/C)C1C=C2C(C)(C)CCCC2(C)O1. The van der Waals surface area contributed by atoms with Crippen LogP contribution in [0.3, 0.4) is 0 Å². The van der Waals surface area contributed by atoms with Crippen molar-refractivity contribution in [2.75, 3.05) is 0 Å². The zero-order chi connectivity index (χ0) is 21.5. The van der Waals surface area contributed by atoms with Gasteiger partial charge in [0.25, 0.3) is 0 Å². The van der Waals surface area contributed by atoms with Gasteiger partial charge in [-0.2, -0.15) is 0 Å². The molecule has 29 heavy (non-hydrogen) atoms. The monoisotopic (exact) mass is 392 g/mol. The molecule has 0 N–H and O–H groups in total.